The minimum absolute atomic E-state index is 0. The second kappa shape index (κ2) is 10.1. The number of nitrogens with zero attached hydrogens (tertiary/aromatic N) is 1. The Balaban J connectivity index is 0.00000280. The minimum Gasteiger partial charge on any atom is -0.497 e. The summed E-state index contributed by atoms with van der Waals surface area (Å²) in [6.07, 6.45) is -0.596. The van der Waals surface area contributed by atoms with Crippen LogP contribution in [0.2, 0.25) is 0 Å². The van der Waals surface area contributed by atoms with Crippen LogP contribution in [-0.4, -0.2) is 50.6 Å². The Labute approximate surface area is 170 Å². The summed E-state index contributed by atoms with van der Waals surface area (Å²) < 4.78 is 16.5. The third kappa shape index (κ3) is 5.04. The second-order valence-electron chi connectivity index (χ2n) is 6.14. The molecule has 0 bridgehead atoms. The summed E-state index contributed by atoms with van der Waals surface area (Å²) >= 11 is 0. The number of halogens is 1. The first-order valence-electron chi connectivity index (χ1n) is 8.73. The predicted octanol–water partition coefficient (Wildman–Crippen LogP) is 3.30. The summed E-state index contributed by atoms with van der Waals surface area (Å²) in [5, 5.41) is 13.8. The van der Waals surface area contributed by atoms with Crippen molar-refractivity contribution in [2.75, 3.05) is 34.4 Å². The lowest BCUT2D eigenvalue weighted by atomic mass is 10.1. The molecule has 0 radical (unpaired) electrons. The van der Waals surface area contributed by atoms with E-state index in [2.05, 4.69) is 5.32 Å². The zero-order valence-corrected chi connectivity index (χ0v) is 17.0. The zero-order valence-electron chi connectivity index (χ0n) is 16.1. The van der Waals surface area contributed by atoms with Crippen LogP contribution in [0.1, 0.15) is 0 Å². The van der Waals surface area contributed by atoms with E-state index in [1.807, 2.05) is 48.5 Å². The van der Waals surface area contributed by atoms with Gasteiger partial charge in [0.1, 0.15) is 30.0 Å². The maximum atomic E-state index is 9.97. The van der Waals surface area contributed by atoms with Crippen molar-refractivity contribution in [3.05, 3.63) is 48.5 Å². The third-order valence-corrected chi connectivity index (χ3v) is 4.24. The van der Waals surface area contributed by atoms with E-state index in [-0.39, 0.29) is 19.0 Å². The Kier molecular flexibility index (Phi) is 7.87. The second-order valence-corrected chi connectivity index (χ2v) is 6.14. The molecule has 6 nitrogen and oxygen atoms in total. The Morgan fingerprint density at radius 1 is 1.00 bits per heavy atom. The summed E-state index contributed by atoms with van der Waals surface area (Å²) in [6.45, 7) is 0.649. The quantitative estimate of drug-likeness (QED) is 0.600. The van der Waals surface area contributed by atoms with Crippen LogP contribution in [0.3, 0.4) is 0 Å². The minimum atomic E-state index is -0.596. The number of aliphatic hydroxyl groups is 1. The van der Waals surface area contributed by atoms with Gasteiger partial charge in [-0.3, -0.25) is 0 Å². The molecule has 0 aliphatic carbocycles. The molecule has 1 aromatic heterocycles. The lowest BCUT2D eigenvalue weighted by Gasteiger charge is -2.15. The summed E-state index contributed by atoms with van der Waals surface area (Å²) in [7, 11) is 5.05. The first-order chi connectivity index (χ1) is 13.1. The summed E-state index contributed by atoms with van der Waals surface area (Å²) in [5.41, 5.74) is 2.48. The first kappa shape index (κ1) is 21.8. The highest BCUT2D eigenvalue weighted by atomic mass is 35.5. The number of aliphatic hydroxyl groups excluding tert-OH is 1. The third-order valence-electron chi connectivity index (χ3n) is 4.24. The van der Waals surface area contributed by atoms with Crippen molar-refractivity contribution in [1.29, 1.82) is 0 Å². The molecule has 150 valence electrons. The molecule has 0 saturated carbocycles. The van der Waals surface area contributed by atoms with Crippen molar-refractivity contribution in [3.8, 4) is 28.5 Å². The van der Waals surface area contributed by atoms with E-state index >= 15 is 0 Å². The van der Waals surface area contributed by atoms with Crippen molar-refractivity contribution in [2.24, 2.45) is 0 Å². The van der Waals surface area contributed by atoms with Gasteiger partial charge in [-0.1, -0.05) is 0 Å². The van der Waals surface area contributed by atoms with Crippen molar-refractivity contribution in [1.82, 2.24) is 10.3 Å². The molecule has 0 aliphatic rings. The maximum absolute atomic E-state index is 9.97. The Bertz CT molecular complexity index is 903. The van der Waals surface area contributed by atoms with Crippen molar-refractivity contribution in [3.63, 3.8) is 0 Å². The normalized spacial score (nSPS) is 11.6. The first-order valence-corrected chi connectivity index (χ1v) is 8.73. The Hall–Kier alpha value is -2.54. The lowest BCUT2D eigenvalue weighted by molar-refractivity contribution is 0.109. The molecule has 2 N–H and O–H groups in total. The highest BCUT2D eigenvalue weighted by Crippen LogP contribution is 2.32. The van der Waals surface area contributed by atoms with Gasteiger partial charge in [0.2, 0.25) is 0 Å². The van der Waals surface area contributed by atoms with E-state index in [4.69, 9.17) is 19.2 Å². The molecular weight excluding hydrogens is 380 g/mol. The summed E-state index contributed by atoms with van der Waals surface area (Å²) in [4.78, 5) is 4.76. The van der Waals surface area contributed by atoms with Crippen LogP contribution < -0.4 is 19.5 Å². The van der Waals surface area contributed by atoms with Crippen LogP contribution in [0.15, 0.2) is 48.5 Å². The topological polar surface area (TPSA) is 72.8 Å². The smallest absolute Gasteiger partial charge is 0.131 e. The number of aromatic nitrogens is 1. The molecule has 0 amide bonds. The van der Waals surface area contributed by atoms with Crippen LogP contribution in [-0.2, 0) is 0 Å². The molecule has 2 aromatic carbocycles. The number of nitrogens with one attached hydrogen (secondary N) is 1. The van der Waals surface area contributed by atoms with Gasteiger partial charge in [-0.25, -0.2) is 4.98 Å². The fourth-order valence-electron chi connectivity index (χ4n) is 2.81. The van der Waals surface area contributed by atoms with E-state index < -0.39 is 6.10 Å². The molecule has 0 aliphatic heterocycles. The summed E-state index contributed by atoms with van der Waals surface area (Å²) in [6, 6.07) is 15.2. The van der Waals surface area contributed by atoms with Gasteiger partial charge in [0.05, 0.1) is 25.4 Å². The number of fused-ring (bicyclic) bond motifs is 1. The fraction of sp³-hybridized carbons (Fsp3) is 0.286. The SMILES string of the molecule is CNCC(O)COc1cc(-c2ccc(OC)cc2)nc2cc(OC)ccc12.Cl. The number of methoxy groups -OCH3 is 2. The molecule has 0 fully saturated rings. The fourth-order valence-corrected chi connectivity index (χ4v) is 2.81. The van der Waals surface area contributed by atoms with Gasteiger partial charge in [-0.2, -0.15) is 0 Å². The molecule has 0 saturated heterocycles. The van der Waals surface area contributed by atoms with Crippen LogP contribution in [0.5, 0.6) is 17.2 Å². The molecule has 3 rings (SSSR count). The number of benzene rings is 2. The molecule has 1 unspecified atom stereocenters. The van der Waals surface area contributed by atoms with Gasteiger partial charge in [0.25, 0.3) is 0 Å². The van der Waals surface area contributed by atoms with Crippen LogP contribution >= 0.6 is 12.4 Å². The van der Waals surface area contributed by atoms with Gasteiger partial charge in [-0.15, -0.1) is 12.4 Å². The number of pyridine rings is 1. The van der Waals surface area contributed by atoms with E-state index in [0.717, 1.165) is 33.7 Å². The molecule has 1 atom stereocenters. The largest absolute Gasteiger partial charge is 0.497 e. The highest BCUT2D eigenvalue weighted by molar-refractivity contribution is 5.89. The number of rotatable bonds is 8. The lowest BCUT2D eigenvalue weighted by Crippen LogP contribution is -2.29. The van der Waals surface area contributed by atoms with Crippen molar-refractivity contribution >= 4 is 23.3 Å². The van der Waals surface area contributed by atoms with Gasteiger partial charge in [0, 0.05) is 29.6 Å². The number of hydrogen-bond acceptors (Lipinski definition) is 6. The van der Waals surface area contributed by atoms with Gasteiger partial charge < -0.3 is 24.6 Å². The van der Waals surface area contributed by atoms with Crippen molar-refractivity contribution < 1.29 is 19.3 Å². The Morgan fingerprint density at radius 3 is 2.32 bits per heavy atom. The molecule has 0 spiro atoms. The predicted molar refractivity (Wildman–Crippen MR) is 113 cm³/mol. The maximum Gasteiger partial charge on any atom is 0.131 e. The van der Waals surface area contributed by atoms with Crippen LogP contribution in [0.4, 0.5) is 0 Å². The van der Waals surface area contributed by atoms with Gasteiger partial charge >= 0.3 is 0 Å². The van der Waals surface area contributed by atoms with Gasteiger partial charge in [-0.05, 0) is 43.4 Å². The molecule has 7 heteroatoms. The average Bonchev–Trinajstić information content (AvgIpc) is 2.71. The molecule has 1 heterocycles. The Morgan fingerprint density at radius 2 is 1.68 bits per heavy atom. The molecule has 28 heavy (non-hydrogen) atoms. The van der Waals surface area contributed by atoms with E-state index in [0.29, 0.717) is 12.3 Å². The molecular formula is C21H25ClN2O4. The van der Waals surface area contributed by atoms with Crippen LogP contribution in [0, 0.1) is 0 Å². The van der Waals surface area contributed by atoms with Gasteiger partial charge in [0.15, 0.2) is 0 Å². The highest BCUT2D eigenvalue weighted by Gasteiger charge is 2.12. The van der Waals surface area contributed by atoms with E-state index in [1.54, 1.807) is 21.3 Å². The summed E-state index contributed by atoms with van der Waals surface area (Å²) in [5.74, 6) is 2.18. The standard InChI is InChI=1S/C21H24N2O4.ClH/c1-22-12-15(24)13-27-21-11-19(14-4-6-16(25-2)7-5-14)23-20-10-17(26-3)8-9-18(20)21;/h4-11,15,22,24H,12-13H2,1-3H3;1H. The monoisotopic (exact) mass is 404 g/mol. The number of ether oxygens (including phenoxy) is 3. The zero-order chi connectivity index (χ0) is 19.2. The molecule has 3 aromatic rings. The van der Waals surface area contributed by atoms with E-state index in [9.17, 15) is 5.11 Å². The van der Waals surface area contributed by atoms with E-state index in [1.165, 1.54) is 0 Å². The number of likely N-dealkylation sites (N-methyl/N-ethyl adjacent to an activating group) is 1. The van der Waals surface area contributed by atoms with Crippen molar-refractivity contribution in [2.45, 2.75) is 6.10 Å². The average molecular weight is 405 g/mol. The van der Waals surface area contributed by atoms with Crippen LogP contribution in [0.25, 0.3) is 22.2 Å². The number of hydrogen-bond donors (Lipinski definition) is 2.